The Labute approximate surface area is 107 Å². The first-order valence-electron chi connectivity index (χ1n) is 6.43. The van der Waals surface area contributed by atoms with Gasteiger partial charge in [0.15, 0.2) is 0 Å². The van der Waals surface area contributed by atoms with Crippen molar-refractivity contribution in [1.29, 1.82) is 0 Å². The highest BCUT2D eigenvalue weighted by Crippen LogP contribution is 2.43. The van der Waals surface area contributed by atoms with E-state index in [0.717, 1.165) is 17.9 Å². The predicted octanol–water partition coefficient (Wildman–Crippen LogP) is 3.47. The van der Waals surface area contributed by atoms with Crippen LogP contribution in [-0.4, -0.2) is 6.04 Å². The van der Waals surface area contributed by atoms with Crippen molar-refractivity contribution in [1.82, 2.24) is 0 Å². The molecule has 1 heterocycles. The van der Waals surface area contributed by atoms with Gasteiger partial charge < -0.3 is 10.1 Å². The highest BCUT2D eigenvalue weighted by atomic mass is 16.5. The molecule has 0 bridgehead atoms. The van der Waals surface area contributed by atoms with Crippen LogP contribution >= 0.6 is 0 Å². The van der Waals surface area contributed by atoms with Gasteiger partial charge in [0.25, 0.3) is 0 Å². The monoisotopic (exact) mass is 237 g/mol. The minimum atomic E-state index is 0.162. The summed E-state index contributed by atoms with van der Waals surface area (Å²) < 4.78 is 6.20. The summed E-state index contributed by atoms with van der Waals surface area (Å²) in [6.45, 7) is 2.10. The lowest BCUT2D eigenvalue weighted by molar-refractivity contribution is 0.183. The molecule has 1 aliphatic heterocycles. The van der Waals surface area contributed by atoms with Crippen molar-refractivity contribution in [3.05, 3.63) is 59.2 Å². The fraction of sp³-hybridized carbons (Fsp3) is 0.250. The van der Waals surface area contributed by atoms with E-state index in [1.807, 2.05) is 0 Å². The normalized spacial score (nSPS) is 23.4. The highest BCUT2D eigenvalue weighted by Gasteiger charge is 2.37. The van der Waals surface area contributed by atoms with Crippen LogP contribution in [-0.2, 0) is 6.42 Å². The molecule has 0 spiro atoms. The largest absolute Gasteiger partial charge is 0.481 e. The molecule has 2 unspecified atom stereocenters. The number of hydrogen-bond acceptors (Lipinski definition) is 2. The molecule has 0 radical (unpaired) electrons. The maximum Gasteiger partial charge on any atom is 0.144 e. The van der Waals surface area contributed by atoms with E-state index in [4.69, 9.17) is 4.74 Å². The van der Waals surface area contributed by atoms with Crippen LogP contribution in [0.4, 0.5) is 5.69 Å². The Morgan fingerprint density at radius 2 is 2.06 bits per heavy atom. The minimum absolute atomic E-state index is 0.162. The van der Waals surface area contributed by atoms with Gasteiger partial charge in [-0.3, -0.25) is 0 Å². The molecule has 2 aromatic carbocycles. The summed E-state index contributed by atoms with van der Waals surface area (Å²) in [5.74, 6) is 0.980. The van der Waals surface area contributed by atoms with Crippen molar-refractivity contribution in [3.8, 4) is 5.75 Å². The Morgan fingerprint density at radius 1 is 1.17 bits per heavy atom. The second-order valence-corrected chi connectivity index (χ2v) is 5.19. The fourth-order valence-electron chi connectivity index (χ4n) is 3.01. The Hall–Kier alpha value is -1.96. The molecule has 1 aliphatic carbocycles. The average molecular weight is 237 g/mol. The van der Waals surface area contributed by atoms with Crippen molar-refractivity contribution in [2.24, 2.45) is 0 Å². The van der Waals surface area contributed by atoms with Gasteiger partial charge >= 0.3 is 0 Å². The molecule has 2 aromatic rings. The maximum atomic E-state index is 6.20. The number of anilines is 1. The molecule has 2 aliphatic rings. The van der Waals surface area contributed by atoms with Gasteiger partial charge in [0.1, 0.15) is 11.9 Å². The standard InChI is InChI=1S/C16H15NO/c1-10-6-7-13-15(8-10)18-16-12-5-3-2-4-11(12)9-14(16)17-13/h2-8,14,16-17H,9H2,1H3. The van der Waals surface area contributed by atoms with E-state index in [2.05, 4.69) is 54.7 Å². The molecule has 1 N–H and O–H groups in total. The molecule has 90 valence electrons. The molecule has 0 fully saturated rings. The molecular formula is C16H15NO. The zero-order chi connectivity index (χ0) is 12.1. The highest BCUT2D eigenvalue weighted by molar-refractivity contribution is 5.61. The zero-order valence-corrected chi connectivity index (χ0v) is 10.3. The minimum Gasteiger partial charge on any atom is -0.481 e. The van der Waals surface area contributed by atoms with Gasteiger partial charge in [0.2, 0.25) is 0 Å². The maximum absolute atomic E-state index is 6.20. The first kappa shape index (κ1) is 10.0. The summed E-state index contributed by atoms with van der Waals surface area (Å²) in [6, 6.07) is 15.3. The summed E-state index contributed by atoms with van der Waals surface area (Å²) in [6.07, 6.45) is 1.21. The second kappa shape index (κ2) is 3.52. The van der Waals surface area contributed by atoms with Gasteiger partial charge in [-0.1, -0.05) is 30.3 Å². The number of aryl methyl sites for hydroxylation is 1. The van der Waals surface area contributed by atoms with Crippen LogP contribution in [0.5, 0.6) is 5.75 Å². The second-order valence-electron chi connectivity index (χ2n) is 5.19. The fourth-order valence-corrected chi connectivity index (χ4v) is 3.01. The van der Waals surface area contributed by atoms with Crippen molar-refractivity contribution >= 4 is 5.69 Å². The molecule has 4 rings (SSSR count). The van der Waals surface area contributed by atoms with Gasteiger partial charge in [-0.05, 0) is 42.2 Å². The van der Waals surface area contributed by atoms with Crippen LogP contribution in [0.25, 0.3) is 0 Å². The molecule has 0 amide bonds. The number of nitrogens with one attached hydrogen (secondary N) is 1. The van der Waals surface area contributed by atoms with Crippen LogP contribution in [0.15, 0.2) is 42.5 Å². The van der Waals surface area contributed by atoms with E-state index in [1.54, 1.807) is 0 Å². The van der Waals surface area contributed by atoms with E-state index in [9.17, 15) is 0 Å². The molecular weight excluding hydrogens is 222 g/mol. The average Bonchev–Trinajstić information content (AvgIpc) is 2.74. The third-order valence-corrected chi connectivity index (χ3v) is 3.90. The van der Waals surface area contributed by atoms with Crippen LogP contribution in [0.2, 0.25) is 0 Å². The third-order valence-electron chi connectivity index (χ3n) is 3.90. The molecule has 2 heteroatoms. The molecule has 0 aromatic heterocycles. The first-order chi connectivity index (χ1) is 8.81. The summed E-state index contributed by atoms with van der Waals surface area (Å²) >= 11 is 0. The molecule has 2 nitrogen and oxygen atoms in total. The predicted molar refractivity (Wildman–Crippen MR) is 72.1 cm³/mol. The summed E-state index contributed by atoms with van der Waals surface area (Å²) in [4.78, 5) is 0. The number of ether oxygens (including phenoxy) is 1. The molecule has 0 saturated carbocycles. The quantitative estimate of drug-likeness (QED) is 0.757. The Balaban J connectivity index is 1.78. The lowest BCUT2D eigenvalue weighted by atomic mass is 10.1. The van der Waals surface area contributed by atoms with Gasteiger partial charge in [-0.15, -0.1) is 0 Å². The lowest BCUT2D eigenvalue weighted by Gasteiger charge is -2.31. The zero-order valence-electron chi connectivity index (χ0n) is 10.3. The van der Waals surface area contributed by atoms with Crippen LogP contribution in [0, 0.1) is 6.92 Å². The van der Waals surface area contributed by atoms with Crippen molar-refractivity contribution in [3.63, 3.8) is 0 Å². The van der Waals surface area contributed by atoms with Crippen LogP contribution in [0.1, 0.15) is 22.8 Å². The Bertz CT molecular complexity index is 620. The van der Waals surface area contributed by atoms with E-state index >= 15 is 0 Å². The number of benzene rings is 2. The number of fused-ring (bicyclic) bond motifs is 4. The van der Waals surface area contributed by atoms with Gasteiger partial charge in [-0.2, -0.15) is 0 Å². The van der Waals surface area contributed by atoms with E-state index in [1.165, 1.54) is 16.7 Å². The smallest absolute Gasteiger partial charge is 0.144 e. The van der Waals surface area contributed by atoms with Gasteiger partial charge in [0.05, 0.1) is 11.7 Å². The topological polar surface area (TPSA) is 21.3 Å². The lowest BCUT2D eigenvalue weighted by Crippen LogP contribution is -2.32. The van der Waals surface area contributed by atoms with E-state index in [0.29, 0.717) is 6.04 Å². The summed E-state index contributed by atoms with van der Waals surface area (Å²) in [5.41, 5.74) is 5.10. The molecule has 18 heavy (non-hydrogen) atoms. The van der Waals surface area contributed by atoms with Gasteiger partial charge in [-0.25, -0.2) is 0 Å². The Morgan fingerprint density at radius 3 is 3.00 bits per heavy atom. The van der Waals surface area contributed by atoms with Crippen molar-refractivity contribution in [2.45, 2.75) is 25.5 Å². The van der Waals surface area contributed by atoms with Gasteiger partial charge in [0, 0.05) is 0 Å². The number of hydrogen-bond donors (Lipinski definition) is 1. The SMILES string of the molecule is Cc1ccc2c(c1)OC1c3ccccc3CC1N2. The van der Waals surface area contributed by atoms with Crippen molar-refractivity contribution < 1.29 is 4.74 Å². The van der Waals surface area contributed by atoms with E-state index < -0.39 is 0 Å². The number of rotatable bonds is 0. The van der Waals surface area contributed by atoms with Crippen LogP contribution in [0.3, 0.4) is 0 Å². The summed E-state index contributed by atoms with van der Waals surface area (Å²) in [5, 5.41) is 3.61. The van der Waals surface area contributed by atoms with E-state index in [-0.39, 0.29) is 6.10 Å². The Kier molecular flexibility index (Phi) is 1.95. The van der Waals surface area contributed by atoms with Crippen LogP contribution < -0.4 is 10.1 Å². The molecule has 2 atom stereocenters. The van der Waals surface area contributed by atoms with Crippen molar-refractivity contribution in [2.75, 3.05) is 5.32 Å². The first-order valence-corrected chi connectivity index (χ1v) is 6.43. The third kappa shape index (κ3) is 1.35. The molecule has 0 saturated heterocycles. The summed E-state index contributed by atoms with van der Waals surface area (Å²) in [7, 11) is 0.